The second-order valence-corrected chi connectivity index (χ2v) is 7.37. The lowest BCUT2D eigenvalue weighted by Gasteiger charge is -2.13. The van der Waals surface area contributed by atoms with Crippen LogP contribution in [0.3, 0.4) is 0 Å². The normalized spacial score (nSPS) is 11.6. The van der Waals surface area contributed by atoms with Gasteiger partial charge >= 0.3 is 11.9 Å². The predicted octanol–water partition coefficient (Wildman–Crippen LogP) is 4.19. The van der Waals surface area contributed by atoms with E-state index < -0.39 is 11.9 Å². The molecule has 2 N–H and O–H groups in total. The number of nitrogen functional groups attached to an aromatic ring is 1. The standard InChI is InChI=1S/C22H21NO4S/c1-26-21(24)17(12-15-8-4-2-5-9-15)19-13-18(20(23)28-19)22(25)27-14-16-10-6-3-7-11-16/h2-11,13,17H,12,14,23H2,1H3. The van der Waals surface area contributed by atoms with E-state index >= 15 is 0 Å². The number of hydrogen-bond acceptors (Lipinski definition) is 6. The molecule has 6 heteroatoms. The Bertz CT molecular complexity index is 938. The van der Waals surface area contributed by atoms with E-state index in [9.17, 15) is 9.59 Å². The lowest BCUT2D eigenvalue weighted by Crippen LogP contribution is -2.16. The summed E-state index contributed by atoms with van der Waals surface area (Å²) in [5.74, 6) is -1.41. The number of anilines is 1. The Morgan fingerprint density at radius 1 is 1.00 bits per heavy atom. The van der Waals surface area contributed by atoms with Crippen molar-refractivity contribution in [2.45, 2.75) is 18.9 Å². The van der Waals surface area contributed by atoms with E-state index in [2.05, 4.69) is 0 Å². The maximum atomic E-state index is 12.5. The summed E-state index contributed by atoms with van der Waals surface area (Å²) in [6, 6.07) is 20.7. The molecule has 0 saturated heterocycles. The molecule has 3 aromatic rings. The van der Waals surface area contributed by atoms with E-state index in [0.717, 1.165) is 11.1 Å². The Hall–Kier alpha value is -3.12. The van der Waals surface area contributed by atoms with Crippen molar-refractivity contribution in [2.75, 3.05) is 12.8 Å². The van der Waals surface area contributed by atoms with Crippen molar-refractivity contribution in [1.82, 2.24) is 0 Å². The zero-order valence-electron chi connectivity index (χ0n) is 15.5. The fraction of sp³-hybridized carbons (Fsp3) is 0.182. The summed E-state index contributed by atoms with van der Waals surface area (Å²) in [6.07, 6.45) is 0.464. The van der Waals surface area contributed by atoms with E-state index in [4.69, 9.17) is 15.2 Å². The van der Waals surface area contributed by atoms with Crippen molar-refractivity contribution in [3.05, 3.63) is 88.3 Å². The molecule has 0 aliphatic rings. The minimum absolute atomic E-state index is 0.161. The molecule has 0 amide bonds. The highest BCUT2D eigenvalue weighted by atomic mass is 32.1. The summed E-state index contributed by atoms with van der Waals surface area (Å²) < 4.78 is 10.3. The summed E-state index contributed by atoms with van der Waals surface area (Å²) >= 11 is 1.21. The van der Waals surface area contributed by atoms with Crippen LogP contribution >= 0.6 is 11.3 Å². The molecule has 0 aliphatic carbocycles. The molecule has 0 radical (unpaired) electrons. The fourth-order valence-corrected chi connectivity index (χ4v) is 3.85. The van der Waals surface area contributed by atoms with Gasteiger partial charge in [0.2, 0.25) is 0 Å². The summed E-state index contributed by atoms with van der Waals surface area (Å²) in [6.45, 7) is 0.161. The quantitative estimate of drug-likeness (QED) is 0.607. The number of rotatable bonds is 7. The third-order valence-corrected chi connectivity index (χ3v) is 5.40. The molecule has 3 rings (SSSR count). The van der Waals surface area contributed by atoms with Crippen LogP contribution in [0, 0.1) is 0 Å². The zero-order valence-corrected chi connectivity index (χ0v) is 16.3. The van der Waals surface area contributed by atoms with Gasteiger partial charge in [0.1, 0.15) is 11.6 Å². The highest BCUT2D eigenvalue weighted by Gasteiger charge is 2.27. The molecule has 144 valence electrons. The van der Waals surface area contributed by atoms with Crippen LogP contribution in [0.1, 0.15) is 32.3 Å². The van der Waals surface area contributed by atoms with Crippen LogP contribution in [-0.2, 0) is 27.3 Å². The molecule has 0 saturated carbocycles. The number of carbonyl (C=O) groups excluding carboxylic acids is 2. The molecule has 1 heterocycles. The third-order valence-electron chi connectivity index (χ3n) is 4.32. The second-order valence-electron chi connectivity index (χ2n) is 6.25. The summed E-state index contributed by atoms with van der Waals surface area (Å²) in [7, 11) is 1.35. The van der Waals surface area contributed by atoms with Gasteiger partial charge in [-0.3, -0.25) is 4.79 Å². The highest BCUT2D eigenvalue weighted by Crippen LogP contribution is 2.34. The first-order valence-electron chi connectivity index (χ1n) is 8.80. The van der Waals surface area contributed by atoms with Crippen LogP contribution < -0.4 is 5.73 Å². The summed E-state index contributed by atoms with van der Waals surface area (Å²) in [5, 5.41) is 0.329. The molecule has 28 heavy (non-hydrogen) atoms. The van der Waals surface area contributed by atoms with Crippen molar-refractivity contribution in [3.8, 4) is 0 Å². The number of methoxy groups -OCH3 is 1. The van der Waals surface area contributed by atoms with E-state index in [1.165, 1.54) is 18.4 Å². The third kappa shape index (κ3) is 4.78. The van der Waals surface area contributed by atoms with Crippen LogP contribution in [0.15, 0.2) is 66.7 Å². The molecule has 0 fully saturated rings. The van der Waals surface area contributed by atoms with Crippen molar-refractivity contribution >= 4 is 28.3 Å². The number of esters is 2. The first-order chi connectivity index (χ1) is 13.6. The van der Waals surface area contributed by atoms with Gasteiger partial charge in [-0.15, -0.1) is 11.3 Å². The monoisotopic (exact) mass is 395 g/mol. The Labute approximate surface area is 167 Å². The zero-order chi connectivity index (χ0) is 19.9. The van der Waals surface area contributed by atoms with Crippen molar-refractivity contribution in [3.63, 3.8) is 0 Å². The highest BCUT2D eigenvalue weighted by molar-refractivity contribution is 7.16. The SMILES string of the molecule is COC(=O)C(Cc1ccccc1)c1cc(C(=O)OCc2ccccc2)c(N)s1. The molecule has 0 bridgehead atoms. The smallest absolute Gasteiger partial charge is 0.341 e. The fourth-order valence-electron chi connectivity index (χ4n) is 2.85. The largest absolute Gasteiger partial charge is 0.469 e. The Balaban J connectivity index is 1.77. The van der Waals surface area contributed by atoms with Gasteiger partial charge < -0.3 is 15.2 Å². The van der Waals surface area contributed by atoms with Gasteiger partial charge in [-0.05, 0) is 23.6 Å². The van der Waals surface area contributed by atoms with Gasteiger partial charge in [0.05, 0.1) is 18.6 Å². The van der Waals surface area contributed by atoms with Gasteiger partial charge in [0, 0.05) is 4.88 Å². The molecular weight excluding hydrogens is 374 g/mol. The topological polar surface area (TPSA) is 78.6 Å². The van der Waals surface area contributed by atoms with Gasteiger partial charge in [0.25, 0.3) is 0 Å². The molecule has 1 aromatic heterocycles. The van der Waals surface area contributed by atoms with E-state index in [1.54, 1.807) is 6.07 Å². The Morgan fingerprint density at radius 2 is 1.61 bits per heavy atom. The predicted molar refractivity (Wildman–Crippen MR) is 109 cm³/mol. The first kappa shape index (κ1) is 19.6. The van der Waals surface area contributed by atoms with Crippen LogP contribution in [0.25, 0.3) is 0 Å². The first-order valence-corrected chi connectivity index (χ1v) is 9.62. The molecule has 0 spiro atoms. The Kier molecular flexibility index (Phi) is 6.45. The van der Waals surface area contributed by atoms with Crippen LogP contribution in [0.4, 0.5) is 5.00 Å². The van der Waals surface area contributed by atoms with Crippen molar-refractivity contribution < 1.29 is 19.1 Å². The van der Waals surface area contributed by atoms with Crippen LogP contribution in [-0.4, -0.2) is 19.0 Å². The number of nitrogens with two attached hydrogens (primary N) is 1. The van der Waals surface area contributed by atoms with Crippen molar-refractivity contribution in [1.29, 1.82) is 0 Å². The average molecular weight is 395 g/mol. The van der Waals surface area contributed by atoms with Gasteiger partial charge in [-0.2, -0.15) is 0 Å². The maximum absolute atomic E-state index is 12.5. The van der Waals surface area contributed by atoms with E-state index in [0.29, 0.717) is 16.3 Å². The lowest BCUT2D eigenvalue weighted by atomic mass is 9.97. The summed E-state index contributed by atoms with van der Waals surface area (Å²) in [4.78, 5) is 25.5. The number of benzene rings is 2. The van der Waals surface area contributed by atoms with Gasteiger partial charge in [-0.25, -0.2) is 4.79 Å². The summed E-state index contributed by atoms with van der Waals surface area (Å²) in [5.41, 5.74) is 8.21. The van der Waals surface area contributed by atoms with Crippen LogP contribution in [0.5, 0.6) is 0 Å². The molecule has 5 nitrogen and oxygen atoms in total. The number of hydrogen-bond donors (Lipinski definition) is 1. The minimum atomic E-state index is -0.532. The number of thiophene rings is 1. The molecular formula is C22H21NO4S. The van der Waals surface area contributed by atoms with Gasteiger partial charge in [-0.1, -0.05) is 60.7 Å². The average Bonchev–Trinajstić information content (AvgIpc) is 3.12. The molecule has 1 unspecified atom stereocenters. The van der Waals surface area contributed by atoms with Crippen molar-refractivity contribution in [2.24, 2.45) is 0 Å². The van der Waals surface area contributed by atoms with Gasteiger partial charge in [0.15, 0.2) is 0 Å². The molecule has 2 aromatic carbocycles. The number of carbonyl (C=O) groups is 2. The second kappa shape index (κ2) is 9.19. The molecule has 1 atom stereocenters. The molecule has 0 aliphatic heterocycles. The van der Waals surface area contributed by atoms with E-state index in [-0.39, 0.29) is 18.1 Å². The van der Waals surface area contributed by atoms with Crippen LogP contribution in [0.2, 0.25) is 0 Å². The lowest BCUT2D eigenvalue weighted by molar-refractivity contribution is -0.142. The number of ether oxygens (including phenoxy) is 2. The Morgan fingerprint density at radius 3 is 2.21 bits per heavy atom. The maximum Gasteiger partial charge on any atom is 0.341 e. The minimum Gasteiger partial charge on any atom is -0.469 e. The van der Waals surface area contributed by atoms with E-state index in [1.807, 2.05) is 60.7 Å².